The minimum Gasteiger partial charge on any atom is -0.481 e. The lowest BCUT2D eigenvalue weighted by Gasteiger charge is -2.11. The lowest BCUT2D eigenvalue weighted by atomic mass is 9.96. The van der Waals surface area contributed by atoms with Crippen molar-refractivity contribution < 1.29 is 9.90 Å². The smallest absolute Gasteiger partial charge is 0.306 e. The lowest BCUT2D eigenvalue weighted by molar-refractivity contribution is -0.141. The highest BCUT2D eigenvalue weighted by atomic mass is 16.4. The number of unbranched alkanes of at least 4 members (excludes halogenated alkanes) is 2. The summed E-state index contributed by atoms with van der Waals surface area (Å²) < 4.78 is 0. The Morgan fingerprint density at radius 1 is 1.10 bits per heavy atom. The second-order valence-electron chi connectivity index (χ2n) is 6.36. The molecule has 0 fully saturated rings. The molecule has 0 saturated carbocycles. The molecule has 1 N–H and O–H groups in total. The van der Waals surface area contributed by atoms with E-state index in [1.165, 1.54) is 50.5 Å². The van der Waals surface area contributed by atoms with Gasteiger partial charge in [0, 0.05) is 0 Å². The van der Waals surface area contributed by atoms with Crippen molar-refractivity contribution in [1.82, 2.24) is 0 Å². The van der Waals surface area contributed by atoms with Gasteiger partial charge in [-0.05, 0) is 38.5 Å². The van der Waals surface area contributed by atoms with Crippen molar-refractivity contribution in [2.45, 2.75) is 85.5 Å². The summed E-state index contributed by atoms with van der Waals surface area (Å²) >= 11 is 0. The quantitative estimate of drug-likeness (QED) is 0.362. The summed E-state index contributed by atoms with van der Waals surface area (Å²) in [5, 5.41) is 8.82. The summed E-state index contributed by atoms with van der Waals surface area (Å²) in [5.74, 6) is -0.0593. The number of carboxylic acids is 1. The van der Waals surface area contributed by atoms with Gasteiger partial charge >= 0.3 is 5.97 Å². The van der Waals surface area contributed by atoms with Crippen molar-refractivity contribution in [2.75, 3.05) is 0 Å². The molecule has 118 valence electrons. The van der Waals surface area contributed by atoms with Gasteiger partial charge in [0.25, 0.3) is 0 Å². The van der Waals surface area contributed by atoms with Crippen LogP contribution in [0.4, 0.5) is 0 Å². The zero-order valence-electron chi connectivity index (χ0n) is 14.0. The first kappa shape index (κ1) is 19.2. The Bertz CT molecular complexity index is 281. The minimum atomic E-state index is -0.683. The molecule has 0 amide bonds. The second kappa shape index (κ2) is 12.0. The fourth-order valence-corrected chi connectivity index (χ4v) is 2.42. The molecular formula is C18H34O2. The Balaban J connectivity index is 3.65. The highest BCUT2D eigenvalue weighted by Crippen LogP contribution is 2.18. The summed E-state index contributed by atoms with van der Waals surface area (Å²) in [6, 6.07) is 0. The zero-order chi connectivity index (χ0) is 15.4. The Labute approximate surface area is 125 Å². The van der Waals surface area contributed by atoms with Crippen LogP contribution in [0.25, 0.3) is 0 Å². The maximum atomic E-state index is 10.7. The topological polar surface area (TPSA) is 37.3 Å². The van der Waals surface area contributed by atoms with Crippen LogP contribution in [0.5, 0.6) is 0 Å². The van der Waals surface area contributed by atoms with Gasteiger partial charge in [0.2, 0.25) is 0 Å². The first-order valence-electron chi connectivity index (χ1n) is 8.35. The molecule has 0 spiro atoms. The van der Waals surface area contributed by atoms with Crippen molar-refractivity contribution in [2.24, 2.45) is 11.8 Å². The van der Waals surface area contributed by atoms with E-state index in [0.29, 0.717) is 0 Å². The summed E-state index contributed by atoms with van der Waals surface area (Å²) in [6.45, 7) is 8.57. The van der Waals surface area contributed by atoms with Gasteiger partial charge in [-0.1, -0.05) is 64.5 Å². The van der Waals surface area contributed by atoms with E-state index in [2.05, 4.69) is 26.8 Å². The van der Waals surface area contributed by atoms with Crippen LogP contribution in [0.15, 0.2) is 11.6 Å². The Morgan fingerprint density at radius 2 is 1.75 bits per heavy atom. The van der Waals surface area contributed by atoms with Gasteiger partial charge in [-0.15, -0.1) is 0 Å². The van der Waals surface area contributed by atoms with Gasteiger partial charge in [0.15, 0.2) is 0 Å². The maximum Gasteiger partial charge on any atom is 0.306 e. The molecular weight excluding hydrogens is 248 g/mol. The number of allylic oxidation sites excluding steroid dienone is 2. The van der Waals surface area contributed by atoms with Crippen LogP contribution in [-0.4, -0.2) is 11.1 Å². The monoisotopic (exact) mass is 282 g/mol. The number of rotatable bonds is 12. The van der Waals surface area contributed by atoms with Crippen molar-refractivity contribution in [3.63, 3.8) is 0 Å². The van der Waals surface area contributed by atoms with E-state index >= 15 is 0 Å². The maximum absolute atomic E-state index is 10.7. The molecule has 0 heterocycles. The van der Waals surface area contributed by atoms with Crippen LogP contribution in [0.1, 0.15) is 85.5 Å². The highest BCUT2D eigenvalue weighted by Gasteiger charge is 2.08. The molecule has 0 aromatic carbocycles. The number of hydrogen-bond donors (Lipinski definition) is 1. The summed E-state index contributed by atoms with van der Waals surface area (Å²) in [4.78, 5) is 10.7. The van der Waals surface area contributed by atoms with Gasteiger partial charge in [-0.2, -0.15) is 0 Å². The van der Waals surface area contributed by atoms with Crippen LogP contribution >= 0.6 is 0 Å². The van der Waals surface area contributed by atoms with E-state index in [1.807, 2.05) is 0 Å². The van der Waals surface area contributed by atoms with E-state index < -0.39 is 5.97 Å². The molecule has 2 atom stereocenters. The average molecular weight is 282 g/mol. The number of aliphatic carboxylic acids is 1. The van der Waals surface area contributed by atoms with E-state index in [0.717, 1.165) is 18.8 Å². The molecule has 0 bridgehead atoms. The van der Waals surface area contributed by atoms with E-state index in [1.54, 1.807) is 6.92 Å². The predicted molar refractivity (Wildman–Crippen MR) is 86.9 cm³/mol. The van der Waals surface area contributed by atoms with Crippen LogP contribution in [-0.2, 0) is 4.79 Å². The molecule has 20 heavy (non-hydrogen) atoms. The van der Waals surface area contributed by atoms with Crippen LogP contribution in [0.2, 0.25) is 0 Å². The number of carboxylic acid groups (broad SMARTS) is 1. The number of carbonyl (C=O) groups is 1. The van der Waals surface area contributed by atoms with Gasteiger partial charge in [0.1, 0.15) is 0 Å². The van der Waals surface area contributed by atoms with Crippen molar-refractivity contribution >= 4 is 5.97 Å². The zero-order valence-corrected chi connectivity index (χ0v) is 14.0. The standard InChI is InChI=1S/C18H34O2/c1-5-6-7-10-15(2)11-8-12-16(3)13-9-14-17(4)18(19)20/h13,15,17H,5-12,14H2,1-4H3,(H,19,20)/b16-13+. The molecule has 2 heteroatoms. The molecule has 0 rings (SSSR count). The fourth-order valence-electron chi connectivity index (χ4n) is 2.42. The molecule has 0 aromatic rings. The van der Waals surface area contributed by atoms with Crippen molar-refractivity contribution in [3.8, 4) is 0 Å². The van der Waals surface area contributed by atoms with Crippen LogP contribution < -0.4 is 0 Å². The molecule has 0 radical (unpaired) electrons. The predicted octanol–water partition coefficient (Wildman–Crippen LogP) is 5.82. The minimum absolute atomic E-state index is 0.224. The van der Waals surface area contributed by atoms with Gasteiger partial charge in [-0.3, -0.25) is 4.79 Å². The second-order valence-corrected chi connectivity index (χ2v) is 6.36. The van der Waals surface area contributed by atoms with Gasteiger partial charge in [-0.25, -0.2) is 0 Å². The van der Waals surface area contributed by atoms with E-state index in [-0.39, 0.29) is 5.92 Å². The van der Waals surface area contributed by atoms with Crippen LogP contribution in [0.3, 0.4) is 0 Å². The Hall–Kier alpha value is -0.790. The molecule has 0 aliphatic carbocycles. The third kappa shape index (κ3) is 11.1. The largest absolute Gasteiger partial charge is 0.481 e. The van der Waals surface area contributed by atoms with E-state index in [9.17, 15) is 4.79 Å². The number of hydrogen-bond acceptors (Lipinski definition) is 1. The molecule has 0 aliphatic heterocycles. The van der Waals surface area contributed by atoms with Crippen LogP contribution in [0, 0.1) is 11.8 Å². The molecule has 0 aliphatic rings. The molecule has 0 aromatic heterocycles. The average Bonchev–Trinajstić information content (AvgIpc) is 2.38. The summed E-state index contributed by atoms with van der Waals surface area (Å²) in [6.07, 6.45) is 13.0. The normalized spacial score (nSPS) is 15.1. The Morgan fingerprint density at radius 3 is 2.35 bits per heavy atom. The first-order chi connectivity index (χ1) is 9.47. The van der Waals surface area contributed by atoms with Crippen molar-refractivity contribution in [1.29, 1.82) is 0 Å². The summed E-state index contributed by atoms with van der Waals surface area (Å²) in [5.41, 5.74) is 1.42. The third-order valence-electron chi connectivity index (χ3n) is 4.08. The molecule has 0 saturated heterocycles. The molecule has 2 unspecified atom stereocenters. The summed E-state index contributed by atoms with van der Waals surface area (Å²) in [7, 11) is 0. The van der Waals surface area contributed by atoms with Crippen molar-refractivity contribution in [3.05, 3.63) is 11.6 Å². The van der Waals surface area contributed by atoms with E-state index in [4.69, 9.17) is 5.11 Å². The third-order valence-corrected chi connectivity index (χ3v) is 4.08. The first-order valence-corrected chi connectivity index (χ1v) is 8.35. The van der Waals surface area contributed by atoms with Gasteiger partial charge < -0.3 is 5.11 Å². The fraction of sp³-hybridized carbons (Fsp3) is 0.833. The molecule has 2 nitrogen and oxygen atoms in total. The van der Waals surface area contributed by atoms with Gasteiger partial charge in [0.05, 0.1) is 5.92 Å². The SMILES string of the molecule is CCCCCC(C)CCC/C(C)=C/CCC(C)C(=O)O. The Kier molecular flexibility index (Phi) is 11.5. The highest BCUT2D eigenvalue weighted by molar-refractivity contribution is 5.69. The lowest BCUT2D eigenvalue weighted by Crippen LogP contribution is -2.08.